The van der Waals surface area contributed by atoms with E-state index in [1.807, 2.05) is 36.0 Å². The number of nitrogens with zero attached hydrogens (tertiary/aromatic N) is 2. The summed E-state index contributed by atoms with van der Waals surface area (Å²) in [6, 6.07) is 7.61. The van der Waals surface area contributed by atoms with Crippen molar-refractivity contribution in [1.29, 1.82) is 0 Å². The van der Waals surface area contributed by atoms with Gasteiger partial charge in [-0.15, -0.1) is 0 Å². The molecule has 0 aliphatic carbocycles. The van der Waals surface area contributed by atoms with Gasteiger partial charge in [-0.1, -0.05) is 35.3 Å². The van der Waals surface area contributed by atoms with Crippen LogP contribution >= 0.6 is 15.9 Å². The third kappa shape index (κ3) is 2.10. The zero-order valence-corrected chi connectivity index (χ0v) is 12.1. The van der Waals surface area contributed by atoms with Crippen LogP contribution in [0.15, 0.2) is 33.5 Å². The van der Waals surface area contributed by atoms with Crippen molar-refractivity contribution in [2.24, 2.45) is 7.05 Å². The lowest BCUT2D eigenvalue weighted by atomic mass is 10.2. The topological polar surface area (TPSA) is 53.0 Å². The molecule has 5 heteroatoms. The highest BCUT2D eigenvalue weighted by Gasteiger charge is 2.15. The van der Waals surface area contributed by atoms with Gasteiger partial charge in [-0.2, -0.15) is 0 Å². The third-order valence-electron chi connectivity index (χ3n) is 2.96. The van der Waals surface area contributed by atoms with Crippen LogP contribution in [0.2, 0.25) is 0 Å². The molecule has 2 N–H and O–H groups in total. The molecule has 0 amide bonds. The molecule has 0 spiro atoms. The number of nitrogens with two attached hydrogens (primary N) is 1. The van der Waals surface area contributed by atoms with Crippen molar-refractivity contribution in [3.8, 4) is 5.69 Å². The Balaban J connectivity index is 2.65. The fourth-order valence-electron chi connectivity index (χ4n) is 2.10. The van der Waals surface area contributed by atoms with Crippen LogP contribution in [0.4, 0.5) is 5.69 Å². The largest absolute Gasteiger partial charge is 0.393 e. The molecule has 0 fully saturated rings. The molecule has 4 nitrogen and oxygen atoms in total. The third-order valence-corrected chi connectivity index (χ3v) is 3.46. The maximum atomic E-state index is 12.2. The van der Waals surface area contributed by atoms with Gasteiger partial charge in [0.15, 0.2) is 0 Å². The first-order chi connectivity index (χ1) is 8.56. The molecule has 1 aromatic carbocycles. The Kier molecular flexibility index (Phi) is 3.61. The van der Waals surface area contributed by atoms with E-state index in [2.05, 4.69) is 22.9 Å². The van der Waals surface area contributed by atoms with Gasteiger partial charge in [-0.3, -0.25) is 9.48 Å². The number of anilines is 1. The molecule has 0 bridgehead atoms. The first kappa shape index (κ1) is 13.0. The number of hydrogen-bond acceptors (Lipinski definition) is 2. The van der Waals surface area contributed by atoms with Crippen molar-refractivity contribution in [3.05, 3.63) is 44.8 Å². The number of nitrogen functional groups attached to an aromatic ring is 1. The summed E-state index contributed by atoms with van der Waals surface area (Å²) in [7, 11) is 1.86. The van der Waals surface area contributed by atoms with Gasteiger partial charge in [-0.25, -0.2) is 4.68 Å². The Hall–Kier alpha value is -1.49. The summed E-state index contributed by atoms with van der Waals surface area (Å²) in [6.07, 6.45) is 1.76. The van der Waals surface area contributed by atoms with Crippen LogP contribution in [0.3, 0.4) is 0 Å². The van der Waals surface area contributed by atoms with Crippen molar-refractivity contribution < 1.29 is 0 Å². The summed E-state index contributed by atoms with van der Waals surface area (Å²) in [5.41, 5.74) is 7.79. The highest BCUT2D eigenvalue weighted by atomic mass is 79.9. The monoisotopic (exact) mass is 309 g/mol. The van der Waals surface area contributed by atoms with E-state index in [0.29, 0.717) is 5.69 Å². The Bertz CT molecular complexity index is 628. The summed E-state index contributed by atoms with van der Waals surface area (Å²) in [4.78, 5) is 12.2. The summed E-state index contributed by atoms with van der Waals surface area (Å²) >= 11 is 3.41. The quantitative estimate of drug-likeness (QED) is 0.947. The van der Waals surface area contributed by atoms with Gasteiger partial charge in [0.2, 0.25) is 0 Å². The summed E-state index contributed by atoms with van der Waals surface area (Å²) < 4.78 is 4.37. The van der Waals surface area contributed by atoms with Crippen LogP contribution in [0, 0.1) is 0 Å². The van der Waals surface area contributed by atoms with Gasteiger partial charge in [0.1, 0.15) is 5.69 Å². The number of hydrogen-bond donors (Lipinski definition) is 1. The predicted octanol–water partition coefficient (Wildman–Crippen LogP) is 2.47. The average molecular weight is 310 g/mol. The maximum Gasteiger partial charge on any atom is 0.294 e. The molecular weight excluding hydrogens is 294 g/mol. The summed E-state index contributed by atoms with van der Waals surface area (Å²) in [5, 5.41) is 0. The van der Waals surface area contributed by atoms with Crippen LogP contribution < -0.4 is 11.3 Å². The van der Waals surface area contributed by atoms with Gasteiger partial charge in [0.25, 0.3) is 5.56 Å². The molecule has 18 heavy (non-hydrogen) atoms. The predicted molar refractivity (Wildman–Crippen MR) is 77.1 cm³/mol. The average Bonchev–Trinajstić information content (AvgIpc) is 2.54. The van der Waals surface area contributed by atoms with Crippen LogP contribution in [-0.2, 0) is 13.5 Å². The van der Waals surface area contributed by atoms with Crippen molar-refractivity contribution in [2.45, 2.75) is 19.8 Å². The molecule has 0 radical (unpaired) electrons. The first-order valence-corrected chi connectivity index (χ1v) is 6.67. The van der Waals surface area contributed by atoms with Crippen molar-refractivity contribution in [3.63, 3.8) is 0 Å². The zero-order valence-electron chi connectivity index (χ0n) is 10.5. The van der Waals surface area contributed by atoms with Crippen molar-refractivity contribution in [1.82, 2.24) is 9.36 Å². The van der Waals surface area contributed by atoms with Gasteiger partial charge < -0.3 is 5.73 Å². The Morgan fingerprint density at radius 1 is 1.39 bits per heavy atom. The van der Waals surface area contributed by atoms with E-state index >= 15 is 0 Å². The SMILES string of the molecule is CCCc1c(N)c(=O)n(-c2cccc(Br)c2)n1C. The van der Waals surface area contributed by atoms with E-state index in [4.69, 9.17) is 5.73 Å². The van der Waals surface area contributed by atoms with Gasteiger partial charge in [-0.05, 0) is 24.6 Å². The van der Waals surface area contributed by atoms with Gasteiger partial charge >= 0.3 is 0 Å². The Morgan fingerprint density at radius 3 is 2.72 bits per heavy atom. The molecule has 0 unspecified atom stereocenters. The minimum absolute atomic E-state index is 0.154. The molecule has 1 heterocycles. The number of aromatic nitrogens is 2. The molecule has 0 aliphatic rings. The Morgan fingerprint density at radius 2 is 2.11 bits per heavy atom. The second kappa shape index (κ2) is 5.02. The van der Waals surface area contributed by atoms with Crippen LogP contribution in [0.1, 0.15) is 19.0 Å². The maximum absolute atomic E-state index is 12.2. The fraction of sp³-hybridized carbons (Fsp3) is 0.308. The van der Waals surface area contributed by atoms with E-state index in [1.165, 1.54) is 0 Å². The standard InChI is InChI=1S/C13H16BrN3O/c1-3-5-11-12(15)13(18)17(16(11)2)10-7-4-6-9(14)8-10/h4,6-8H,3,5,15H2,1-2H3. The van der Waals surface area contributed by atoms with Crippen LogP contribution in [0.25, 0.3) is 5.69 Å². The van der Waals surface area contributed by atoms with Gasteiger partial charge in [0, 0.05) is 11.5 Å². The molecule has 2 aromatic rings. The number of benzene rings is 1. The minimum atomic E-state index is -0.154. The van der Waals surface area contributed by atoms with E-state index in [0.717, 1.165) is 28.7 Å². The molecule has 0 atom stereocenters. The molecule has 1 aromatic heterocycles. The fourth-order valence-corrected chi connectivity index (χ4v) is 2.49. The zero-order chi connectivity index (χ0) is 13.3. The summed E-state index contributed by atoms with van der Waals surface area (Å²) in [6.45, 7) is 2.07. The summed E-state index contributed by atoms with van der Waals surface area (Å²) in [5.74, 6) is 0. The van der Waals surface area contributed by atoms with Crippen LogP contribution in [-0.4, -0.2) is 9.36 Å². The van der Waals surface area contributed by atoms with Gasteiger partial charge in [0.05, 0.1) is 11.4 Å². The first-order valence-electron chi connectivity index (χ1n) is 5.88. The Labute approximate surface area is 114 Å². The lowest BCUT2D eigenvalue weighted by Crippen LogP contribution is -2.20. The highest BCUT2D eigenvalue weighted by Crippen LogP contribution is 2.17. The lowest BCUT2D eigenvalue weighted by Gasteiger charge is -2.09. The van der Waals surface area contributed by atoms with Crippen LogP contribution in [0.5, 0.6) is 0 Å². The van der Waals surface area contributed by atoms with Crippen molar-refractivity contribution in [2.75, 3.05) is 5.73 Å². The molecule has 0 saturated heterocycles. The van der Waals surface area contributed by atoms with E-state index in [-0.39, 0.29) is 5.56 Å². The van der Waals surface area contributed by atoms with E-state index in [1.54, 1.807) is 4.68 Å². The smallest absolute Gasteiger partial charge is 0.294 e. The van der Waals surface area contributed by atoms with E-state index < -0.39 is 0 Å². The molecule has 2 rings (SSSR count). The second-order valence-electron chi connectivity index (χ2n) is 4.23. The number of halogens is 1. The second-order valence-corrected chi connectivity index (χ2v) is 5.15. The van der Waals surface area contributed by atoms with E-state index in [9.17, 15) is 4.79 Å². The molecule has 0 saturated carbocycles. The molecule has 96 valence electrons. The highest BCUT2D eigenvalue weighted by molar-refractivity contribution is 9.10. The number of rotatable bonds is 3. The molecule has 0 aliphatic heterocycles. The lowest BCUT2D eigenvalue weighted by molar-refractivity contribution is 0.610. The normalized spacial score (nSPS) is 10.8. The van der Waals surface area contributed by atoms with Crippen molar-refractivity contribution >= 4 is 21.6 Å². The molecular formula is C13H16BrN3O. The minimum Gasteiger partial charge on any atom is -0.393 e.